The summed E-state index contributed by atoms with van der Waals surface area (Å²) in [5, 5.41) is 0. The number of imidazole rings is 1. The van der Waals surface area contributed by atoms with Crippen molar-refractivity contribution in [3.05, 3.63) is 66.1 Å². The average Bonchev–Trinajstić information content (AvgIpc) is 3.17. The topological polar surface area (TPSA) is 41.2 Å². The molecule has 0 amide bonds. The summed E-state index contributed by atoms with van der Waals surface area (Å²) < 4.78 is 5.18. The van der Waals surface area contributed by atoms with Crippen LogP contribution in [0.5, 0.6) is 5.75 Å². The molecule has 134 valence electrons. The van der Waals surface area contributed by atoms with Gasteiger partial charge in [-0.05, 0) is 49.8 Å². The first kappa shape index (κ1) is 17.8. The second kappa shape index (κ2) is 8.39. The van der Waals surface area contributed by atoms with Gasteiger partial charge in [-0.1, -0.05) is 30.3 Å². The Bertz CT molecular complexity index is 844. The second-order valence-electron chi connectivity index (χ2n) is 6.00. The van der Waals surface area contributed by atoms with Gasteiger partial charge in [-0.15, -0.1) is 0 Å². The number of aromatic nitrogens is 2. The normalized spacial score (nSPS) is 11.0. The lowest BCUT2D eigenvalue weighted by Gasteiger charge is -2.20. The Morgan fingerprint density at radius 3 is 2.27 bits per heavy atom. The third kappa shape index (κ3) is 4.14. The standard InChI is InChI=1S/C22H25N3O/c1-4-25(5-2)19-11-9-18(10-12-19)21-16-23-22(24-21)15-8-17-6-13-20(26-3)14-7-17/h6-16H,4-5H2,1-3H3,(H,23,24)/b15-8+. The molecule has 0 aliphatic rings. The highest BCUT2D eigenvalue weighted by Gasteiger charge is 2.05. The van der Waals surface area contributed by atoms with Gasteiger partial charge in [0.1, 0.15) is 11.6 Å². The Labute approximate surface area is 155 Å². The molecule has 1 heterocycles. The van der Waals surface area contributed by atoms with Crippen LogP contribution >= 0.6 is 0 Å². The number of anilines is 1. The Morgan fingerprint density at radius 1 is 0.962 bits per heavy atom. The molecule has 1 N–H and O–H groups in total. The van der Waals surface area contributed by atoms with E-state index in [0.717, 1.165) is 41.5 Å². The lowest BCUT2D eigenvalue weighted by atomic mass is 10.1. The van der Waals surface area contributed by atoms with Crippen molar-refractivity contribution in [2.24, 2.45) is 0 Å². The summed E-state index contributed by atoms with van der Waals surface area (Å²) in [4.78, 5) is 10.2. The molecule has 0 fully saturated rings. The minimum absolute atomic E-state index is 0.837. The molecule has 3 aromatic rings. The molecule has 26 heavy (non-hydrogen) atoms. The van der Waals surface area contributed by atoms with Crippen molar-refractivity contribution in [3.63, 3.8) is 0 Å². The third-order valence-electron chi connectivity index (χ3n) is 4.44. The van der Waals surface area contributed by atoms with Crippen molar-refractivity contribution in [2.75, 3.05) is 25.1 Å². The second-order valence-corrected chi connectivity index (χ2v) is 6.00. The Morgan fingerprint density at radius 2 is 1.65 bits per heavy atom. The van der Waals surface area contributed by atoms with E-state index in [9.17, 15) is 0 Å². The van der Waals surface area contributed by atoms with Crippen LogP contribution in [0.3, 0.4) is 0 Å². The number of aromatic amines is 1. The van der Waals surface area contributed by atoms with Gasteiger partial charge in [-0.2, -0.15) is 0 Å². The maximum atomic E-state index is 5.18. The van der Waals surface area contributed by atoms with Crippen LogP contribution in [0.15, 0.2) is 54.7 Å². The number of nitrogens with zero attached hydrogens (tertiary/aromatic N) is 2. The molecule has 1 aromatic heterocycles. The van der Waals surface area contributed by atoms with Gasteiger partial charge < -0.3 is 14.6 Å². The molecule has 4 heteroatoms. The largest absolute Gasteiger partial charge is 0.497 e. The van der Waals surface area contributed by atoms with Crippen molar-refractivity contribution in [1.82, 2.24) is 9.97 Å². The number of hydrogen-bond acceptors (Lipinski definition) is 3. The molecule has 0 radical (unpaired) electrons. The first-order valence-electron chi connectivity index (χ1n) is 8.96. The Balaban J connectivity index is 1.71. The van der Waals surface area contributed by atoms with Gasteiger partial charge in [0, 0.05) is 30.5 Å². The SMILES string of the molecule is CCN(CC)c1ccc(-c2c[nH]c(/C=C/c3ccc(OC)cc3)n2)cc1. The first-order valence-corrected chi connectivity index (χ1v) is 8.96. The quantitative estimate of drug-likeness (QED) is 0.646. The van der Waals surface area contributed by atoms with Crippen LogP contribution < -0.4 is 9.64 Å². The molecule has 0 atom stereocenters. The summed E-state index contributed by atoms with van der Waals surface area (Å²) >= 11 is 0. The number of ether oxygens (including phenoxy) is 1. The van der Waals surface area contributed by atoms with E-state index in [0.29, 0.717) is 0 Å². The fourth-order valence-electron chi connectivity index (χ4n) is 2.89. The molecular weight excluding hydrogens is 322 g/mol. The summed E-state index contributed by atoms with van der Waals surface area (Å²) in [6, 6.07) is 16.5. The summed E-state index contributed by atoms with van der Waals surface area (Å²) in [5.74, 6) is 1.69. The van der Waals surface area contributed by atoms with Crippen LogP contribution in [0.2, 0.25) is 0 Å². The summed E-state index contributed by atoms with van der Waals surface area (Å²) in [6.07, 6.45) is 5.96. The highest BCUT2D eigenvalue weighted by atomic mass is 16.5. The summed E-state index contributed by atoms with van der Waals surface area (Å²) in [5.41, 5.74) is 4.41. The number of rotatable bonds is 7. The molecule has 0 saturated heterocycles. The van der Waals surface area contributed by atoms with Gasteiger partial charge in [-0.3, -0.25) is 0 Å². The number of methoxy groups -OCH3 is 1. The van der Waals surface area contributed by atoms with Crippen molar-refractivity contribution in [1.29, 1.82) is 0 Å². The van der Waals surface area contributed by atoms with Gasteiger partial charge in [-0.25, -0.2) is 4.98 Å². The van der Waals surface area contributed by atoms with E-state index in [1.165, 1.54) is 5.69 Å². The minimum atomic E-state index is 0.837. The van der Waals surface area contributed by atoms with E-state index in [2.05, 4.69) is 53.0 Å². The van der Waals surface area contributed by atoms with Crippen LogP contribution in [0.4, 0.5) is 5.69 Å². The zero-order chi connectivity index (χ0) is 18.4. The van der Waals surface area contributed by atoms with Crippen molar-refractivity contribution < 1.29 is 4.74 Å². The van der Waals surface area contributed by atoms with Gasteiger partial charge in [0.2, 0.25) is 0 Å². The number of H-pyrrole nitrogens is 1. The van der Waals surface area contributed by atoms with E-state index in [-0.39, 0.29) is 0 Å². The van der Waals surface area contributed by atoms with Crippen molar-refractivity contribution >= 4 is 17.8 Å². The Kier molecular flexibility index (Phi) is 5.74. The average molecular weight is 347 g/mol. The highest BCUT2D eigenvalue weighted by molar-refractivity contribution is 5.69. The van der Waals surface area contributed by atoms with Crippen molar-refractivity contribution in [3.8, 4) is 17.0 Å². The maximum absolute atomic E-state index is 5.18. The van der Waals surface area contributed by atoms with Crippen LogP contribution in [-0.4, -0.2) is 30.2 Å². The smallest absolute Gasteiger partial charge is 0.130 e. The molecule has 0 unspecified atom stereocenters. The fraction of sp³-hybridized carbons (Fsp3) is 0.227. The predicted octanol–water partition coefficient (Wildman–Crippen LogP) is 5.10. The molecule has 0 aliphatic heterocycles. The Hall–Kier alpha value is -3.01. The lowest BCUT2D eigenvalue weighted by molar-refractivity contribution is 0.415. The summed E-state index contributed by atoms with van der Waals surface area (Å²) in [7, 11) is 1.67. The van der Waals surface area contributed by atoms with Crippen LogP contribution in [0, 0.1) is 0 Å². The van der Waals surface area contributed by atoms with Gasteiger partial charge in [0.15, 0.2) is 0 Å². The van der Waals surface area contributed by atoms with E-state index in [1.807, 2.05) is 42.6 Å². The molecule has 0 spiro atoms. The van der Waals surface area contributed by atoms with Gasteiger partial charge in [0.05, 0.1) is 12.8 Å². The zero-order valence-corrected chi connectivity index (χ0v) is 15.6. The molecule has 0 bridgehead atoms. The molecule has 0 saturated carbocycles. The highest BCUT2D eigenvalue weighted by Crippen LogP contribution is 2.22. The number of benzene rings is 2. The molecule has 0 aliphatic carbocycles. The minimum Gasteiger partial charge on any atom is -0.497 e. The number of hydrogen-bond donors (Lipinski definition) is 1. The van der Waals surface area contributed by atoms with Crippen LogP contribution in [0.25, 0.3) is 23.4 Å². The van der Waals surface area contributed by atoms with Crippen molar-refractivity contribution in [2.45, 2.75) is 13.8 Å². The fourth-order valence-corrected chi connectivity index (χ4v) is 2.89. The van der Waals surface area contributed by atoms with E-state index in [4.69, 9.17) is 4.74 Å². The molecular formula is C22H25N3O. The van der Waals surface area contributed by atoms with E-state index in [1.54, 1.807) is 7.11 Å². The maximum Gasteiger partial charge on any atom is 0.130 e. The van der Waals surface area contributed by atoms with Crippen LogP contribution in [0.1, 0.15) is 25.2 Å². The van der Waals surface area contributed by atoms with Crippen LogP contribution in [-0.2, 0) is 0 Å². The lowest BCUT2D eigenvalue weighted by Crippen LogP contribution is -2.21. The third-order valence-corrected chi connectivity index (χ3v) is 4.44. The van der Waals surface area contributed by atoms with E-state index < -0.39 is 0 Å². The number of nitrogens with one attached hydrogen (secondary N) is 1. The monoisotopic (exact) mass is 347 g/mol. The van der Waals surface area contributed by atoms with Gasteiger partial charge in [0.25, 0.3) is 0 Å². The molecule has 3 rings (SSSR count). The molecule has 4 nitrogen and oxygen atoms in total. The molecule has 2 aromatic carbocycles. The zero-order valence-electron chi connectivity index (χ0n) is 15.6. The van der Waals surface area contributed by atoms with E-state index >= 15 is 0 Å². The summed E-state index contributed by atoms with van der Waals surface area (Å²) in [6.45, 7) is 6.37. The first-order chi connectivity index (χ1) is 12.7. The van der Waals surface area contributed by atoms with Gasteiger partial charge >= 0.3 is 0 Å². The predicted molar refractivity (Wildman–Crippen MR) is 110 cm³/mol.